The van der Waals surface area contributed by atoms with E-state index in [1.165, 1.54) is 19.3 Å². The summed E-state index contributed by atoms with van der Waals surface area (Å²) in [5.41, 5.74) is 7.89. The molecule has 1 aromatic heterocycles. The normalized spacial score (nSPS) is 10.3. The molecule has 0 aliphatic heterocycles. The van der Waals surface area contributed by atoms with Crippen LogP contribution in [0.4, 0.5) is 11.5 Å². The number of aryl methyl sites for hydroxylation is 1. The van der Waals surface area contributed by atoms with E-state index in [0.717, 1.165) is 23.6 Å². The van der Waals surface area contributed by atoms with Gasteiger partial charge in [0.2, 0.25) is 0 Å². The minimum absolute atomic E-state index is 0.802. The summed E-state index contributed by atoms with van der Waals surface area (Å²) >= 11 is 0. The molecule has 0 fully saturated rings. The Bertz CT molecular complexity index is 310. The highest BCUT2D eigenvalue weighted by molar-refractivity contribution is 5.65. The minimum atomic E-state index is 0.802. The molecule has 0 spiro atoms. The van der Waals surface area contributed by atoms with Gasteiger partial charge >= 0.3 is 0 Å². The van der Waals surface area contributed by atoms with Gasteiger partial charge in [-0.1, -0.05) is 19.8 Å². The lowest BCUT2D eigenvalue weighted by Gasteiger charge is -2.20. The second kappa shape index (κ2) is 5.59. The number of rotatable bonds is 5. The first kappa shape index (κ1) is 11.8. The van der Waals surface area contributed by atoms with Crippen molar-refractivity contribution in [2.24, 2.45) is 0 Å². The van der Waals surface area contributed by atoms with Crippen LogP contribution < -0.4 is 10.6 Å². The molecule has 0 aliphatic rings. The Balaban J connectivity index is 2.65. The average Bonchev–Trinajstić information content (AvgIpc) is 2.22. The van der Waals surface area contributed by atoms with Crippen molar-refractivity contribution in [3.63, 3.8) is 0 Å². The van der Waals surface area contributed by atoms with Crippen LogP contribution in [0.5, 0.6) is 0 Å². The first-order chi connectivity index (χ1) is 7.16. The van der Waals surface area contributed by atoms with E-state index in [1.807, 2.05) is 26.2 Å². The van der Waals surface area contributed by atoms with E-state index in [-0.39, 0.29) is 0 Å². The third kappa shape index (κ3) is 3.11. The zero-order valence-corrected chi connectivity index (χ0v) is 9.95. The van der Waals surface area contributed by atoms with Gasteiger partial charge in [0.15, 0.2) is 5.82 Å². The standard InChI is InChI=1S/C12H21N3/c1-4-5-6-9-15(3)12-11(13)10(2)7-8-14-12/h7-8H,4-6,9,13H2,1-3H3. The smallest absolute Gasteiger partial charge is 0.151 e. The van der Waals surface area contributed by atoms with Crippen molar-refractivity contribution in [1.82, 2.24) is 4.98 Å². The third-order valence-electron chi connectivity index (χ3n) is 2.65. The number of nitrogens with two attached hydrogens (primary N) is 1. The van der Waals surface area contributed by atoms with Crippen molar-refractivity contribution in [2.45, 2.75) is 33.1 Å². The number of nitrogens with zero attached hydrogens (tertiary/aromatic N) is 2. The molecule has 1 heterocycles. The van der Waals surface area contributed by atoms with Crippen molar-refractivity contribution in [2.75, 3.05) is 24.2 Å². The molecule has 1 aromatic rings. The summed E-state index contributed by atoms with van der Waals surface area (Å²) in [5.74, 6) is 0.908. The van der Waals surface area contributed by atoms with E-state index in [4.69, 9.17) is 5.73 Å². The Kier molecular flexibility index (Phi) is 4.40. The zero-order chi connectivity index (χ0) is 11.3. The number of anilines is 2. The fraction of sp³-hybridized carbons (Fsp3) is 0.583. The Morgan fingerprint density at radius 2 is 2.13 bits per heavy atom. The van der Waals surface area contributed by atoms with Gasteiger partial charge < -0.3 is 10.6 Å². The van der Waals surface area contributed by atoms with Gasteiger partial charge in [-0.2, -0.15) is 0 Å². The lowest BCUT2D eigenvalue weighted by molar-refractivity contribution is 0.701. The Morgan fingerprint density at radius 1 is 1.40 bits per heavy atom. The number of unbranched alkanes of at least 4 members (excludes halogenated alkanes) is 2. The average molecular weight is 207 g/mol. The molecule has 0 saturated heterocycles. The Hall–Kier alpha value is -1.25. The summed E-state index contributed by atoms with van der Waals surface area (Å²) in [6.45, 7) is 5.24. The van der Waals surface area contributed by atoms with E-state index in [0.29, 0.717) is 0 Å². The Morgan fingerprint density at radius 3 is 2.80 bits per heavy atom. The molecule has 1 rings (SSSR count). The lowest BCUT2D eigenvalue weighted by atomic mass is 10.2. The predicted octanol–water partition coefficient (Wildman–Crippen LogP) is 2.60. The summed E-state index contributed by atoms with van der Waals surface area (Å²) in [6.07, 6.45) is 5.51. The molecule has 3 nitrogen and oxygen atoms in total. The second-order valence-corrected chi connectivity index (χ2v) is 3.99. The molecule has 3 heteroatoms. The third-order valence-corrected chi connectivity index (χ3v) is 2.65. The first-order valence-electron chi connectivity index (χ1n) is 5.59. The van der Waals surface area contributed by atoms with Crippen LogP contribution in [0, 0.1) is 6.92 Å². The van der Waals surface area contributed by atoms with E-state index < -0.39 is 0 Å². The van der Waals surface area contributed by atoms with Crippen LogP contribution in [-0.4, -0.2) is 18.6 Å². The van der Waals surface area contributed by atoms with Crippen molar-refractivity contribution in [1.29, 1.82) is 0 Å². The molecular formula is C12H21N3. The maximum atomic E-state index is 5.98. The molecule has 0 amide bonds. The van der Waals surface area contributed by atoms with Crippen LogP contribution in [0.1, 0.15) is 31.7 Å². The van der Waals surface area contributed by atoms with Gasteiger partial charge in [-0.25, -0.2) is 4.98 Å². The van der Waals surface area contributed by atoms with Gasteiger partial charge in [0.05, 0.1) is 5.69 Å². The second-order valence-electron chi connectivity index (χ2n) is 3.99. The number of aromatic nitrogens is 1. The predicted molar refractivity (Wildman–Crippen MR) is 66.2 cm³/mol. The molecule has 0 bridgehead atoms. The van der Waals surface area contributed by atoms with Crippen molar-refractivity contribution < 1.29 is 0 Å². The zero-order valence-electron chi connectivity index (χ0n) is 9.95. The molecular weight excluding hydrogens is 186 g/mol. The van der Waals surface area contributed by atoms with Crippen molar-refractivity contribution >= 4 is 11.5 Å². The fourth-order valence-electron chi connectivity index (χ4n) is 1.56. The van der Waals surface area contributed by atoms with E-state index in [2.05, 4.69) is 16.8 Å². The maximum absolute atomic E-state index is 5.98. The van der Waals surface area contributed by atoms with Crippen LogP contribution in [0.2, 0.25) is 0 Å². The fourth-order valence-corrected chi connectivity index (χ4v) is 1.56. The molecule has 0 unspecified atom stereocenters. The first-order valence-corrected chi connectivity index (χ1v) is 5.59. The molecule has 15 heavy (non-hydrogen) atoms. The van der Waals surface area contributed by atoms with Gasteiger partial charge in [0.25, 0.3) is 0 Å². The Labute approximate surface area is 92.3 Å². The van der Waals surface area contributed by atoms with Gasteiger partial charge in [-0.05, 0) is 25.0 Å². The number of hydrogen-bond donors (Lipinski definition) is 1. The molecule has 0 radical (unpaired) electrons. The van der Waals surface area contributed by atoms with Crippen molar-refractivity contribution in [3.05, 3.63) is 17.8 Å². The van der Waals surface area contributed by atoms with Gasteiger partial charge in [0.1, 0.15) is 0 Å². The summed E-state index contributed by atoms with van der Waals surface area (Å²) in [6, 6.07) is 1.94. The van der Waals surface area contributed by atoms with E-state index in [9.17, 15) is 0 Å². The topological polar surface area (TPSA) is 42.2 Å². The van der Waals surface area contributed by atoms with Gasteiger partial charge in [0, 0.05) is 19.8 Å². The van der Waals surface area contributed by atoms with Crippen LogP contribution in [0.3, 0.4) is 0 Å². The summed E-state index contributed by atoms with van der Waals surface area (Å²) in [5, 5.41) is 0. The largest absolute Gasteiger partial charge is 0.396 e. The van der Waals surface area contributed by atoms with Crippen LogP contribution in [0.15, 0.2) is 12.3 Å². The molecule has 84 valence electrons. The highest BCUT2D eigenvalue weighted by Crippen LogP contribution is 2.22. The van der Waals surface area contributed by atoms with Crippen LogP contribution in [-0.2, 0) is 0 Å². The number of nitrogen functional groups attached to an aromatic ring is 1. The minimum Gasteiger partial charge on any atom is -0.396 e. The molecule has 0 aromatic carbocycles. The molecule has 0 aliphatic carbocycles. The highest BCUT2D eigenvalue weighted by Gasteiger charge is 2.07. The molecule has 0 saturated carbocycles. The van der Waals surface area contributed by atoms with Crippen LogP contribution in [0.25, 0.3) is 0 Å². The van der Waals surface area contributed by atoms with E-state index >= 15 is 0 Å². The number of hydrogen-bond acceptors (Lipinski definition) is 3. The quantitative estimate of drug-likeness (QED) is 0.755. The molecule has 0 atom stereocenters. The summed E-state index contributed by atoms with van der Waals surface area (Å²) in [4.78, 5) is 6.46. The lowest BCUT2D eigenvalue weighted by Crippen LogP contribution is -2.21. The van der Waals surface area contributed by atoms with Gasteiger partial charge in [-0.15, -0.1) is 0 Å². The van der Waals surface area contributed by atoms with Crippen molar-refractivity contribution in [3.8, 4) is 0 Å². The van der Waals surface area contributed by atoms with E-state index in [1.54, 1.807) is 0 Å². The monoisotopic (exact) mass is 207 g/mol. The molecule has 2 N–H and O–H groups in total. The van der Waals surface area contributed by atoms with Crippen LogP contribution >= 0.6 is 0 Å². The SMILES string of the molecule is CCCCCN(C)c1nccc(C)c1N. The number of pyridine rings is 1. The summed E-state index contributed by atoms with van der Waals surface area (Å²) in [7, 11) is 2.05. The highest BCUT2D eigenvalue weighted by atomic mass is 15.2. The van der Waals surface area contributed by atoms with Gasteiger partial charge in [-0.3, -0.25) is 0 Å². The summed E-state index contributed by atoms with van der Waals surface area (Å²) < 4.78 is 0. The maximum Gasteiger partial charge on any atom is 0.151 e.